The summed E-state index contributed by atoms with van der Waals surface area (Å²) in [5.41, 5.74) is 1.04. The zero-order chi connectivity index (χ0) is 15.4. The van der Waals surface area contributed by atoms with Crippen molar-refractivity contribution in [2.45, 2.75) is 19.6 Å². The Labute approximate surface area is 129 Å². The predicted octanol–water partition coefficient (Wildman–Crippen LogP) is 5.36. The average molecular weight is 360 g/mol. The fourth-order valence-electron chi connectivity index (χ4n) is 1.90. The molecule has 6 heteroatoms. The lowest BCUT2D eigenvalue weighted by atomic mass is 10.1. The Kier molecular flexibility index (Phi) is 5.12. The molecule has 2 aromatic carbocycles. The van der Waals surface area contributed by atoms with Crippen LogP contribution in [-0.4, -0.2) is 6.61 Å². The summed E-state index contributed by atoms with van der Waals surface area (Å²) in [5.74, 6) is -0.319. The van der Waals surface area contributed by atoms with Gasteiger partial charge in [0.05, 0.1) is 5.69 Å². The minimum atomic E-state index is -2.87. The fraction of sp³-hybridized carbons (Fsp3) is 0.200. The Morgan fingerprint density at radius 1 is 1.14 bits per heavy atom. The maximum atomic E-state index is 13.8. The second-order valence-electron chi connectivity index (χ2n) is 4.41. The van der Waals surface area contributed by atoms with Gasteiger partial charge in [-0.15, -0.1) is 0 Å². The van der Waals surface area contributed by atoms with Gasteiger partial charge in [-0.25, -0.2) is 4.39 Å². The van der Waals surface area contributed by atoms with Gasteiger partial charge < -0.3 is 10.1 Å². The van der Waals surface area contributed by atoms with Gasteiger partial charge >= 0.3 is 6.61 Å². The van der Waals surface area contributed by atoms with Gasteiger partial charge in [0.1, 0.15) is 11.6 Å². The van der Waals surface area contributed by atoms with Gasteiger partial charge in [-0.2, -0.15) is 8.78 Å². The zero-order valence-corrected chi connectivity index (χ0v) is 12.7. The molecular formula is C15H13BrF3NO. The van der Waals surface area contributed by atoms with E-state index in [1.165, 1.54) is 18.2 Å². The van der Waals surface area contributed by atoms with Gasteiger partial charge in [-0.05, 0) is 52.7 Å². The van der Waals surface area contributed by atoms with E-state index in [9.17, 15) is 13.2 Å². The number of hydrogen-bond donors (Lipinski definition) is 1. The van der Waals surface area contributed by atoms with E-state index in [-0.39, 0.29) is 11.8 Å². The Bertz CT molecular complexity index is 601. The molecular weight excluding hydrogens is 347 g/mol. The molecule has 1 N–H and O–H groups in total. The summed E-state index contributed by atoms with van der Waals surface area (Å²) in [7, 11) is 0. The molecule has 1 unspecified atom stereocenters. The monoisotopic (exact) mass is 359 g/mol. The smallest absolute Gasteiger partial charge is 0.387 e. The number of benzene rings is 2. The highest BCUT2D eigenvalue weighted by atomic mass is 79.9. The van der Waals surface area contributed by atoms with E-state index in [0.29, 0.717) is 15.7 Å². The van der Waals surface area contributed by atoms with Crippen LogP contribution in [0.15, 0.2) is 46.9 Å². The zero-order valence-electron chi connectivity index (χ0n) is 11.1. The van der Waals surface area contributed by atoms with E-state index in [1.807, 2.05) is 0 Å². The first-order valence-electron chi connectivity index (χ1n) is 6.22. The van der Waals surface area contributed by atoms with Crippen LogP contribution in [0.4, 0.5) is 18.9 Å². The number of anilines is 1. The molecule has 112 valence electrons. The number of hydrogen-bond acceptors (Lipinski definition) is 2. The molecule has 0 aliphatic carbocycles. The van der Waals surface area contributed by atoms with Gasteiger partial charge in [0.2, 0.25) is 0 Å². The first-order chi connectivity index (χ1) is 9.97. The van der Waals surface area contributed by atoms with Crippen LogP contribution in [0.2, 0.25) is 0 Å². The largest absolute Gasteiger partial charge is 0.435 e. The Morgan fingerprint density at radius 3 is 2.52 bits per heavy atom. The summed E-state index contributed by atoms with van der Waals surface area (Å²) in [5, 5.41) is 3.01. The van der Waals surface area contributed by atoms with Crippen LogP contribution < -0.4 is 10.1 Å². The topological polar surface area (TPSA) is 21.3 Å². The summed E-state index contributed by atoms with van der Waals surface area (Å²) in [6.45, 7) is -1.07. The molecule has 0 bridgehead atoms. The SMILES string of the molecule is CC(Nc1c(F)cccc1Br)c1cccc(OC(F)F)c1. The minimum Gasteiger partial charge on any atom is -0.435 e. The van der Waals surface area contributed by atoms with Crippen molar-refractivity contribution in [3.63, 3.8) is 0 Å². The highest BCUT2D eigenvalue weighted by molar-refractivity contribution is 9.10. The van der Waals surface area contributed by atoms with Crippen molar-refractivity contribution in [3.05, 3.63) is 58.3 Å². The minimum absolute atomic E-state index is 0.0729. The van der Waals surface area contributed by atoms with Crippen molar-refractivity contribution < 1.29 is 17.9 Å². The molecule has 0 heterocycles. The molecule has 0 aliphatic rings. The van der Waals surface area contributed by atoms with Crippen LogP contribution in [0, 0.1) is 5.82 Å². The maximum absolute atomic E-state index is 13.8. The van der Waals surface area contributed by atoms with Crippen molar-refractivity contribution in [2.75, 3.05) is 5.32 Å². The number of halogens is 4. The quantitative estimate of drug-likeness (QED) is 0.775. The van der Waals surface area contributed by atoms with E-state index >= 15 is 0 Å². The summed E-state index contributed by atoms with van der Waals surface area (Å²) in [6.07, 6.45) is 0. The number of ether oxygens (including phenoxy) is 1. The molecule has 0 radical (unpaired) electrons. The molecule has 0 aromatic heterocycles. The molecule has 2 aromatic rings. The predicted molar refractivity (Wildman–Crippen MR) is 79.2 cm³/mol. The molecule has 0 spiro atoms. The van der Waals surface area contributed by atoms with Crippen molar-refractivity contribution >= 4 is 21.6 Å². The molecule has 2 nitrogen and oxygen atoms in total. The van der Waals surface area contributed by atoms with Crippen LogP contribution in [0.5, 0.6) is 5.75 Å². The van der Waals surface area contributed by atoms with E-state index in [1.54, 1.807) is 31.2 Å². The number of para-hydroxylation sites is 1. The lowest BCUT2D eigenvalue weighted by Gasteiger charge is -2.18. The molecule has 0 amide bonds. The lowest BCUT2D eigenvalue weighted by molar-refractivity contribution is -0.0498. The van der Waals surface area contributed by atoms with Crippen molar-refractivity contribution in [1.82, 2.24) is 0 Å². The molecule has 1 atom stereocenters. The molecule has 0 aliphatic heterocycles. The first-order valence-corrected chi connectivity index (χ1v) is 7.02. The van der Waals surface area contributed by atoms with Crippen LogP contribution in [0.25, 0.3) is 0 Å². The highest BCUT2D eigenvalue weighted by Crippen LogP contribution is 2.30. The molecule has 0 saturated heterocycles. The Hall–Kier alpha value is -1.69. The van der Waals surface area contributed by atoms with Crippen LogP contribution in [0.3, 0.4) is 0 Å². The number of nitrogens with one attached hydrogen (secondary N) is 1. The van der Waals surface area contributed by atoms with Crippen LogP contribution in [-0.2, 0) is 0 Å². The van der Waals surface area contributed by atoms with Crippen molar-refractivity contribution in [2.24, 2.45) is 0 Å². The number of alkyl halides is 2. The summed E-state index contributed by atoms with van der Waals surface area (Å²) in [6, 6.07) is 10.7. The molecule has 2 rings (SSSR count). The normalized spacial score (nSPS) is 12.3. The summed E-state index contributed by atoms with van der Waals surface area (Å²) in [4.78, 5) is 0. The number of rotatable bonds is 5. The average Bonchev–Trinajstić information content (AvgIpc) is 2.42. The van der Waals surface area contributed by atoms with E-state index < -0.39 is 12.4 Å². The van der Waals surface area contributed by atoms with Crippen molar-refractivity contribution in [3.8, 4) is 5.75 Å². The molecule has 0 fully saturated rings. The van der Waals surface area contributed by atoms with Gasteiger partial charge in [0.15, 0.2) is 0 Å². The third kappa shape index (κ3) is 4.14. The second kappa shape index (κ2) is 6.85. The van der Waals surface area contributed by atoms with Crippen molar-refractivity contribution in [1.29, 1.82) is 0 Å². The highest BCUT2D eigenvalue weighted by Gasteiger charge is 2.13. The van der Waals surface area contributed by atoms with Crippen LogP contribution >= 0.6 is 15.9 Å². The van der Waals surface area contributed by atoms with Gasteiger partial charge in [-0.1, -0.05) is 18.2 Å². The molecule has 0 saturated carbocycles. The van der Waals surface area contributed by atoms with Gasteiger partial charge in [0.25, 0.3) is 0 Å². The first kappa shape index (κ1) is 15.7. The van der Waals surface area contributed by atoms with E-state index in [2.05, 4.69) is 26.0 Å². The van der Waals surface area contributed by atoms with Crippen LogP contribution in [0.1, 0.15) is 18.5 Å². The molecule has 21 heavy (non-hydrogen) atoms. The van der Waals surface area contributed by atoms with E-state index in [0.717, 1.165) is 0 Å². The van der Waals surface area contributed by atoms with Gasteiger partial charge in [-0.3, -0.25) is 0 Å². The summed E-state index contributed by atoms with van der Waals surface area (Å²) < 4.78 is 43.1. The van der Waals surface area contributed by atoms with Gasteiger partial charge in [0, 0.05) is 10.5 Å². The standard InChI is InChI=1S/C15H13BrF3NO/c1-9(20-14-12(16)6-3-7-13(14)17)10-4-2-5-11(8-10)21-15(18)19/h2-9,15,20H,1H3. The third-order valence-electron chi connectivity index (χ3n) is 2.91. The maximum Gasteiger partial charge on any atom is 0.387 e. The lowest BCUT2D eigenvalue weighted by Crippen LogP contribution is -2.09. The second-order valence-corrected chi connectivity index (χ2v) is 5.27. The summed E-state index contributed by atoms with van der Waals surface area (Å²) >= 11 is 3.27. The third-order valence-corrected chi connectivity index (χ3v) is 3.57. The Morgan fingerprint density at radius 2 is 1.86 bits per heavy atom. The van der Waals surface area contributed by atoms with E-state index in [4.69, 9.17) is 0 Å². The fourth-order valence-corrected chi connectivity index (χ4v) is 2.35. The Balaban J connectivity index is 2.18.